The van der Waals surface area contributed by atoms with Gasteiger partial charge in [-0.1, -0.05) is 6.07 Å². The number of aryl methyl sites for hydroxylation is 2. The second-order valence-corrected chi connectivity index (χ2v) is 8.23. The number of nitrogens with one attached hydrogen (secondary N) is 1. The predicted octanol–water partition coefficient (Wildman–Crippen LogP) is 2.00. The van der Waals surface area contributed by atoms with Gasteiger partial charge in [0.1, 0.15) is 0 Å². The van der Waals surface area contributed by atoms with Crippen molar-refractivity contribution in [1.29, 1.82) is 0 Å². The van der Waals surface area contributed by atoms with Crippen molar-refractivity contribution >= 4 is 15.9 Å². The number of hydrogen-bond donors (Lipinski definition) is 1. The standard InChI is InChI=1S/C18H28N2O4S/c1-4-20(13-16-6-5-11-24-16)18(21)9-10-19-25(22,23)17-8-7-14(2)15(3)12-17/h7-8,12,16,19H,4-6,9-11,13H2,1-3H3. The SMILES string of the molecule is CCN(CC1CCCO1)C(=O)CCNS(=O)(=O)c1ccc(C)c(C)c1. The van der Waals surface area contributed by atoms with Gasteiger partial charge in [-0.15, -0.1) is 0 Å². The third-order valence-corrected chi connectivity index (χ3v) is 6.06. The summed E-state index contributed by atoms with van der Waals surface area (Å²) in [5, 5.41) is 0. The minimum atomic E-state index is -3.60. The van der Waals surface area contributed by atoms with E-state index in [1.165, 1.54) is 0 Å². The first-order valence-electron chi connectivity index (χ1n) is 8.79. The van der Waals surface area contributed by atoms with Gasteiger partial charge in [0.15, 0.2) is 0 Å². The molecule has 1 aromatic rings. The summed E-state index contributed by atoms with van der Waals surface area (Å²) < 4.78 is 32.8. The first-order valence-corrected chi connectivity index (χ1v) is 10.3. The maximum absolute atomic E-state index is 12.3. The summed E-state index contributed by atoms with van der Waals surface area (Å²) >= 11 is 0. The van der Waals surface area contributed by atoms with Crippen LogP contribution in [0.15, 0.2) is 23.1 Å². The van der Waals surface area contributed by atoms with E-state index in [9.17, 15) is 13.2 Å². The number of nitrogens with zero attached hydrogens (tertiary/aromatic N) is 1. The molecule has 1 heterocycles. The van der Waals surface area contributed by atoms with Gasteiger partial charge in [-0.3, -0.25) is 4.79 Å². The Balaban J connectivity index is 1.87. The molecule has 1 amide bonds. The average molecular weight is 368 g/mol. The molecule has 25 heavy (non-hydrogen) atoms. The van der Waals surface area contributed by atoms with Crippen molar-refractivity contribution in [2.24, 2.45) is 0 Å². The van der Waals surface area contributed by atoms with Gasteiger partial charge in [-0.2, -0.15) is 0 Å². The Morgan fingerprint density at radius 3 is 2.68 bits per heavy atom. The average Bonchev–Trinajstić information content (AvgIpc) is 3.07. The molecule has 140 valence electrons. The molecule has 2 rings (SSSR count). The number of sulfonamides is 1. The Kier molecular flexibility index (Phi) is 6.98. The second kappa shape index (κ2) is 8.78. The molecular formula is C18H28N2O4S. The fourth-order valence-electron chi connectivity index (χ4n) is 2.86. The molecule has 0 saturated carbocycles. The van der Waals surface area contributed by atoms with Crippen molar-refractivity contribution in [3.63, 3.8) is 0 Å². The molecule has 1 atom stereocenters. The molecular weight excluding hydrogens is 340 g/mol. The van der Waals surface area contributed by atoms with E-state index in [0.717, 1.165) is 30.6 Å². The lowest BCUT2D eigenvalue weighted by molar-refractivity contribution is -0.132. The molecule has 0 radical (unpaired) electrons. The molecule has 0 bridgehead atoms. The van der Waals surface area contributed by atoms with Crippen molar-refractivity contribution in [3.05, 3.63) is 29.3 Å². The molecule has 1 N–H and O–H groups in total. The molecule has 1 fully saturated rings. The third kappa shape index (κ3) is 5.52. The van der Waals surface area contributed by atoms with Crippen molar-refractivity contribution in [2.75, 3.05) is 26.2 Å². The lowest BCUT2D eigenvalue weighted by Crippen LogP contribution is -2.39. The van der Waals surface area contributed by atoms with Gasteiger partial charge in [-0.05, 0) is 56.9 Å². The number of hydrogen-bond acceptors (Lipinski definition) is 4. The molecule has 1 unspecified atom stereocenters. The van der Waals surface area contributed by atoms with Crippen LogP contribution in [0.3, 0.4) is 0 Å². The summed E-state index contributed by atoms with van der Waals surface area (Å²) in [6.07, 6.45) is 2.26. The van der Waals surface area contributed by atoms with Gasteiger partial charge >= 0.3 is 0 Å². The van der Waals surface area contributed by atoms with Crippen LogP contribution in [0.25, 0.3) is 0 Å². The van der Waals surface area contributed by atoms with Crippen LogP contribution in [0.5, 0.6) is 0 Å². The minimum absolute atomic E-state index is 0.0548. The predicted molar refractivity (Wildman–Crippen MR) is 96.9 cm³/mol. The monoisotopic (exact) mass is 368 g/mol. The lowest BCUT2D eigenvalue weighted by atomic mass is 10.1. The largest absolute Gasteiger partial charge is 0.376 e. The van der Waals surface area contributed by atoms with Crippen molar-refractivity contribution < 1.29 is 17.9 Å². The van der Waals surface area contributed by atoms with E-state index in [1.807, 2.05) is 20.8 Å². The number of amides is 1. The maximum atomic E-state index is 12.3. The van der Waals surface area contributed by atoms with Gasteiger partial charge in [-0.25, -0.2) is 13.1 Å². The van der Waals surface area contributed by atoms with Crippen LogP contribution in [-0.2, 0) is 19.6 Å². The smallest absolute Gasteiger partial charge is 0.240 e. The van der Waals surface area contributed by atoms with Crippen molar-refractivity contribution in [3.8, 4) is 0 Å². The normalized spacial score (nSPS) is 17.6. The van der Waals surface area contributed by atoms with Gasteiger partial charge in [0, 0.05) is 32.7 Å². The second-order valence-electron chi connectivity index (χ2n) is 6.46. The number of likely N-dealkylation sites (N-methyl/N-ethyl adjacent to an activating group) is 1. The van der Waals surface area contributed by atoms with Crippen LogP contribution in [0.2, 0.25) is 0 Å². The van der Waals surface area contributed by atoms with Gasteiger partial charge in [0.2, 0.25) is 15.9 Å². The molecule has 7 heteroatoms. The van der Waals surface area contributed by atoms with E-state index < -0.39 is 10.0 Å². The summed E-state index contributed by atoms with van der Waals surface area (Å²) in [7, 11) is -3.60. The van der Waals surface area contributed by atoms with E-state index in [2.05, 4.69) is 4.72 Å². The summed E-state index contributed by atoms with van der Waals surface area (Å²) in [5.74, 6) is -0.0548. The minimum Gasteiger partial charge on any atom is -0.376 e. The van der Waals surface area contributed by atoms with Crippen molar-refractivity contribution in [1.82, 2.24) is 9.62 Å². The molecule has 0 aliphatic carbocycles. The zero-order valence-corrected chi connectivity index (χ0v) is 16.1. The van der Waals surface area contributed by atoms with E-state index >= 15 is 0 Å². The highest BCUT2D eigenvalue weighted by molar-refractivity contribution is 7.89. The van der Waals surface area contributed by atoms with Crippen LogP contribution in [0, 0.1) is 13.8 Å². The summed E-state index contributed by atoms with van der Waals surface area (Å²) in [5.41, 5.74) is 1.97. The summed E-state index contributed by atoms with van der Waals surface area (Å²) in [4.78, 5) is 14.3. The van der Waals surface area contributed by atoms with Crippen molar-refractivity contribution in [2.45, 2.75) is 51.0 Å². The summed E-state index contributed by atoms with van der Waals surface area (Å²) in [6, 6.07) is 5.02. The molecule has 0 spiro atoms. The van der Waals surface area contributed by atoms with E-state index in [0.29, 0.717) is 13.1 Å². The van der Waals surface area contributed by atoms with E-state index in [1.54, 1.807) is 23.1 Å². The number of carbonyl (C=O) groups excluding carboxylic acids is 1. The fraction of sp³-hybridized carbons (Fsp3) is 0.611. The van der Waals surface area contributed by atoms with E-state index in [4.69, 9.17) is 4.74 Å². The highest BCUT2D eigenvalue weighted by Crippen LogP contribution is 2.15. The zero-order chi connectivity index (χ0) is 18.4. The molecule has 6 nitrogen and oxygen atoms in total. The van der Waals surface area contributed by atoms with Crippen LogP contribution >= 0.6 is 0 Å². The Bertz CT molecular complexity index is 697. The topological polar surface area (TPSA) is 75.7 Å². The number of carbonyl (C=O) groups is 1. The number of rotatable bonds is 8. The molecule has 1 saturated heterocycles. The fourth-order valence-corrected chi connectivity index (χ4v) is 3.97. The molecule has 1 aliphatic rings. The van der Waals surface area contributed by atoms with Gasteiger partial charge < -0.3 is 9.64 Å². The first-order chi connectivity index (χ1) is 11.8. The van der Waals surface area contributed by atoms with Crippen LogP contribution in [0.4, 0.5) is 0 Å². The zero-order valence-electron chi connectivity index (χ0n) is 15.2. The Morgan fingerprint density at radius 2 is 2.08 bits per heavy atom. The van der Waals surface area contributed by atoms with Crippen LogP contribution in [0.1, 0.15) is 37.3 Å². The van der Waals surface area contributed by atoms with Crippen LogP contribution < -0.4 is 4.72 Å². The molecule has 1 aromatic carbocycles. The Hall–Kier alpha value is -1.44. The number of benzene rings is 1. The lowest BCUT2D eigenvalue weighted by Gasteiger charge is -2.24. The highest BCUT2D eigenvalue weighted by atomic mass is 32.2. The van der Waals surface area contributed by atoms with Gasteiger partial charge in [0.25, 0.3) is 0 Å². The third-order valence-electron chi connectivity index (χ3n) is 4.60. The van der Waals surface area contributed by atoms with E-state index in [-0.39, 0.29) is 29.9 Å². The van der Waals surface area contributed by atoms with Crippen LogP contribution in [-0.4, -0.2) is 51.6 Å². The Morgan fingerprint density at radius 1 is 1.32 bits per heavy atom. The number of ether oxygens (including phenoxy) is 1. The maximum Gasteiger partial charge on any atom is 0.240 e. The highest BCUT2D eigenvalue weighted by Gasteiger charge is 2.22. The Labute approximate surface area is 150 Å². The quantitative estimate of drug-likeness (QED) is 0.761. The molecule has 0 aromatic heterocycles. The molecule has 1 aliphatic heterocycles. The first kappa shape index (κ1) is 19.9. The summed E-state index contributed by atoms with van der Waals surface area (Å²) in [6.45, 7) is 7.77. The van der Waals surface area contributed by atoms with Gasteiger partial charge in [0.05, 0.1) is 11.0 Å².